The van der Waals surface area contributed by atoms with Crippen LogP contribution < -0.4 is 5.32 Å². The Morgan fingerprint density at radius 3 is 2.71 bits per heavy atom. The van der Waals surface area contributed by atoms with E-state index < -0.39 is 0 Å². The second kappa shape index (κ2) is 5.76. The monoisotopic (exact) mass is 290 g/mol. The molecule has 1 saturated heterocycles. The van der Waals surface area contributed by atoms with Crippen LogP contribution in [0.15, 0.2) is 24.3 Å². The van der Waals surface area contributed by atoms with Gasteiger partial charge in [-0.25, -0.2) is 4.39 Å². The van der Waals surface area contributed by atoms with Crippen molar-refractivity contribution in [3.63, 3.8) is 0 Å². The van der Waals surface area contributed by atoms with Crippen LogP contribution in [0, 0.1) is 11.7 Å². The molecule has 3 rings (SSSR count). The second-order valence-electron chi connectivity index (χ2n) is 6.64. The quantitative estimate of drug-likeness (QED) is 0.923. The Morgan fingerprint density at radius 2 is 2.14 bits per heavy atom. The number of hydrogen-bond acceptors (Lipinski definition) is 2. The third kappa shape index (κ3) is 2.82. The topological polar surface area (TPSA) is 32.3 Å². The Bertz CT molecular complexity index is 527. The lowest BCUT2D eigenvalue weighted by Crippen LogP contribution is -2.44. The van der Waals surface area contributed by atoms with E-state index in [2.05, 4.69) is 19.2 Å². The smallest absolute Gasteiger partial charge is 0.241 e. The zero-order valence-corrected chi connectivity index (χ0v) is 12.7. The fraction of sp³-hybridized carbons (Fsp3) is 0.588. The lowest BCUT2D eigenvalue weighted by atomic mass is 9.90. The van der Waals surface area contributed by atoms with Gasteiger partial charge in [-0.1, -0.05) is 26.0 Å². The Balaban J connectivity index is 1.87. The first kappa shape index (κ1) is 14.5. The molecule has 21 heavy (non-hydrogen) atoms. The van der Waals surface area contributed by atoms with E-state index in [-0.39, 0.29) is 23.9 Å². The zero-order chi connectivity index (χ0) is 15.0. The Kier molecular flexibility index (Phi) is 3.98. The van der Waals surface area contributed by atoms with E-state index in [4.69, 9.17) is 0 Å². The maximum atomic E-state index is 13.5. The number of carbonyl (C=O) groups excluding carboxylic acids is 1. The number of carbonyl (C=O) groups is 1. The molecule has 1 N–H and O–H groups in total. The predicted molar refractivity (Wildman–Crippen MR) is 80.0 cm³/mol. The van der Waals surface area contributed by atoms with Gasteiger partial charge in [-0.15, -0.1) is 0 Å². The molecule has 1 saturated carbocycles. The number of amides is 1. The molecule has 1 aromatic carbocycles. The number of hydrogen-bond donors (Lipinski definition) is 1. The van der Waals surface area contributed by atoms with Gasteiger partial charge >= 0.3 is 0 Å². The minimum Gasteiger partial charge on any atom is -0.319 e. The molecule has 114 valence electrons. The van der Waals surface area contributed by atoms with E-state index in [0.717, 1.165) is 24.8 Å². The molecule has 2 fully saturated rings. The van der Waals surface area contributed by atoms with Gasteiger partial charge in [-0.3, -0.25) is 10.1 Å². The highest BCUT2D eigenvalue weighted by atomic mass is 19.1. The third-order valence-corrected chi connectivity index (χ3v) is 4.53. The van der Waals surface area contributed by atoms with Crippen LogP contribution in [0.4, 0.5) is 4.39 Å². The van der Waals surface area contributed by atoms with E-state index in [0.29, 0.717) is 12.0 Å². The first-order valence-corrected chi connectivity index (χ1v) is 7.90. The molecule has 2 unspecified atom stereocenters. The van der Waals surface area contributed by atoms with Crippen LogP contribution in [0.2, 0.25) is 0 Å². The molecule has 0 radical (unpaired) electrons. The molecule has 2 atom stereocenters. The number of halogens is 1. The van der Waals surface area contributed by atoms with Crippen LogP contribution >= 0.6 is 0 Å². The predicted octanol–water partition coefficient (Wildman–Crippen LogP) is 3.22. The van der Waals surface area contributed by atoms with E-state index in [1.54, 1.807) is 6.07 Å². The maximum absolute atomic E-state index is 13.5. The molecule has 1 aromatic rings. The lowest BCUT2D eigenvalue weighted by Gasteiger charge is -2.38. The minimum absolute atomic E-state index is 0.140. The number of rotatable bonds is 4. The molecule has 0 aromatic heterocycles. The van der Waals surface area contributed by atoms with E-state index in [1.165, 1.54) is 18.6 Å². The second-order valence-corrected chi connectivity index (χ2v) is 6.64. The summed E-state index contributed by atoms with van der Waals surface area (Å²) in [5.74, 6) is 0.395. The fourth-order valence-electron chi connectivity index (χ4n) is 3.28. The third-order valence-electron chi connectivity index (χ3n) is 4.53. The SMILES string of the molecule is CC(C)CC1NC(c2cccc(F)c2)N(C2CCC2)C1=O. The number of benzene rings is 1. The van der Waals surface area contributed by atoms with Gasteiger partial charge in [0.05, 0.1) is 6.04 Å². The van der Waals surface area contributed by atoms with E-state index in [1.807, 2.05) is 11.0 Å². The maximum Gasteiger partial charge on any atom is 0.241 e. The molecule has 0 bridgehead atoms. The summed E-state index contributed by atoms with van der Waals surface area (Å²) in [6.07, 6.45) is 3.95. The highest BCUT2D eigenvalue weighted by molar-refractivity contribution is 5.85. The summed E-state index contributed by atoms with van der Waals surface area (Å²) in [7, 11) is 0. The first-order chi connectivity index (χ1) is 10.1. The summed E-state index contributed by atoms with van der Waals surface area (Å²) in [5.41, 5.74) is 0.849. The van der Waals surface area contributed by atoms with Crippen molar-refractivity contribution in [1.29, 1.82) is 0 Å². The molecule has 1 amide bonds. The average Bonchev–Trinajstić information content (AvgIpc) is 2.66. The van der Waals surface area contributed by atoms with Crippen molar-refractivity contribution < 1.29 is 9.18 Å². The summed E-state index contributed by atoms with van der Waals surface area (Å²) in [5, 5.41) is 3.42. The highest BCUT2D eigenvalue weighted by Crippen LogP contribution is 2.36. The van der Waals surface area contributed by atoms with Gasteiger partial charge in [-0.05, 0) is 49.3 Å². The van der Waals surface area contributed by atoms with Crippen molar-refractivity contribution in [2.75, 3.05) is 0 Å². The normalized spacial score (nSPS) is 26.5. The highest BCUT2D eigenvalue weighted by Gasteiger charge is 2.44. The van der Waals surface area contributed by atoms with Gasteiger partial charge in [0.1, 0.15) is 12.0 Å². The molecule has 1 aliphatic heterocycles. The van der Waals surface area contributed by atoms with Crippen molar-refractivity contribution in [3.05, 3.63) is 35.6 Å². The fourth-order valence-corrected chi connectivity index (χ4v) is 3.28. The molecule has 3 nitrogen and oxygen atoms in total. The molecular weight excluding hydrogens is 267 g/mol. The van der Waals surface area contributed by atoms with Crippen molar-refractivity contribution in [2.45, 2.75) is 57.8 Å². The molecule has 0 spiro atoms. The molecule has 4 heteroatoms. The van der Waals surface area contributed by atoms with Gasteiger partial charge in [0, 0.05) is 6.04 Å². The van der Waals surface area contributed by atoms with Crippen molar-refractivity contribution in [3.8, 4) is 0 Å². The van der Waals surface area contributed by atoms with Gasteiger partial charge in [0.2, 0.25) is 5.91 Å². The molecule has 2 aliphatic rings. The van der Waals surface area contributed by atoms with Crippen molar-refractivity contribution in [1.82, 2.24) is 10.2 Å². The van der Waals surface area contributed by atoms with Gasteiger partial charge in [0.25, 0.3) is 0 Å². The van der Waals surface area contributed by atoms with E-state index in [9.17, 15) is 9.18 Å². The van der Waals surface area contributed by atoms with Crippen LogP contribution in [-0.4, -0.2) is 22.9 Å². The zero-order valence-electron chi connectivity index (χ0n) is 12.7. The summed E-state index contributed by atoms with van der Waals surface area (Å²) >= 11 is 0. The summed E-state index contributed by atoms with van der Waals surface area (Å²) in [6, 6.07) is 6.77. The van der Waals surface area contributed by atoms with Gasteiger partial charge in [-0.2, -0.15) is 0 Å². The summed E-state index contributed by atoms with van der Waals surface area (Å²) in [6.45, 7) is 4.25. The largest absolute Gasteiger partial charge is 0.319 e. The molecular formula is C17H23FN2O. The Hall–Kier alpha value is -1.42. The minimum atomic E-state index is -0.248. The van der Waals surface area contributed by atoms with Crippen LogP contribution in [0.1, 0.15) is 51.3 Å². The lowest BCUT2D eigenvalue weighted by molar-refractivity contribution is -0.134. The van der Waals surface area contributed by atoms with Gasteiger partial charge < -0.3 is 4.90 Å². The Labute approximate surface area is 125 Å². The van der Waals surface area contributed by atoms with E-state index >= 15 is 0 Å². The standard InChI is InChI=1S/C17H23FN2O/c1-11(2)9-15-17(21)20(14-7-4-8-14)16(19-15)12-5-3-6-13(18)10-12/h3,5-6,10-11,14-16,19H,4,7-9H2,1-2H3. The molecule has 1 heterocycles. The molecule has 1 aliphatic carbocycles. The number of nitrogens with one attached hydrogen (secondary N) is 1. The van der Waals surface area contributed by atoms with Crippen molar-refractivity contribution in [2.24, 2.45) is 5.92 Å². The van der Waals surface area contributed by atoms with Crippen LogP contribution in [0.25, 0.3) is 0 Å². The number of nitrogens with zero attached hydrogens (tertiary/aromatic N) is 1. The summed E-state index contributed by atoms with van der Waals surface area (Å²) in [4.78, 5) is 14.7. The first-order valence-electron chi connectivity index (χ1n) is 7.90. The van der Waals surface area contributed by atoms with Gasteiger partial charge in [0.15, 0.2) is 0 Å². The summed E-state index contributed by atoms with van der Waals surface area (Å²) < 4.78 is 13.5. The van der Waals surface area contributed by atoms with Crippen LogP contribution in [0.5, 0.6) is 0 Å². The van der Waals surface area contributed by atoms with Crippen LogP contribution in [-0.2, 0) is 4.79 Å². The Morgan fingerprint density at radius 1 is 1.38 bits per heavy atom. The van der Waals surface area contributed by atoms with Crippen molar-refractivity contribution >= 4 is 5.91 Å². The average molecular weight is 290 g/mol. The van der Waals surface area contributed by atoms with Crippen LogP contribution in [0.3, 0.4) is 0 Å².